The number of methoxy groups -OCH3 is 6. The van der Waals surface area contributed by atoms with Gasteiger partial charge in [-0.1, -0.05) is 104 Å². The van der Waals surface area contributed by atoms with Crippen LogP contribution in [0.5, 0.6) is 17.2 Å². The van der Waals surface area contributed by atoms with Crippen molar-refractivity contribution in [3.63, 3.8) is 0 Å². The molecule has 0 bridgehead atoms. The first-order chi connectivity index (χ1) is 64.9. The van der Waals surface area contributed by atoms with Gasteiger partial charge in [0.1, 0.15) is 23.9 Å². The summed E-state index contributed by atoms with van der Waals surface area (Å²) >= 11 is 1.85. The van der Waals surface area contributed by atoms with E-state index in [0.717, 1.165) is 77.2 Å². The number of ether oxygens (including phenoxy) is 12. The van der Waals surface area contributed by atoms with Crippen LogP contribution in [0.4, 0.5) is 4.79 Å². The number of unbranched alkanes of at least 4 members (excludes halogenated alkanes) is 1. The van der Waals surface area contributed by atoms with Gasteiger partial charge in [-0.3, -0.25) is 46.3 Å². The molecule has 8 rings (SSSR count). The summed E-state index contributed by atoms with van der Waals surface area (Å²) in [5, 5.41) is 24.8. The highest BCUT2D eigenvalue weighted by Gasteiger charge is 2.44. The Bertz CT molecular complexity index is 4270. The molecule has 3 saturated heterocycles. The molecule has 780 valence electrons. The lowest BCUT2D eigenvalue weighted by Crippen LogP contribution is -2.46. The van der Waals surface area contributed by atoms with E-state index >= 15 is 0 Å². The summed E-state index contributed by atoms with van der Waals surface area (Å²) in [6.07, 6.45) is 5.57. The number of rotatable bonds is 62. The van der Waals surface area contributed by atoms with Crippen LogP contribution in [0.1, 0.15) is 223 Å². The van der Waals surface area contributed by atoms with Crippen LogP contribution in [0.2, 0.25) is 0 Å². The fraction of sp³-hybridized carbons (Fsp3) is 0.673. The van der Waals surface area contributed by atoms with Gasteiger partial charge in [0.05, 0.1) is 126 Å². The zero-order chi connectivity index (χ0) is 101. The van der Waals surface area contributed by atoms with Crippen LogP contribution in [0.25, 0.3) is 0 Å². The van der Waals surface area contributed by atoms with E-state index in [1.807, 2.05) is 209 Å². The summed E-state index contributed by atoms with van der Waals surface area (Å²) in [5.41, 5.74) is 2.12. The minimum Gasteiger partial charge on any atom is -0.497 e. The van der Waals surface area contributed by atoms with Crippen LogP contribution in [-0.2, 0) is 107 Å². The Morgan fingerprint density at radius 3 is 1.61 bits per heavy atom. The van der Waals surface area contributed by atoms with E-state index in [2.05, 4.69) is 102 Å². The van der Waals surface area contributed by atoms with Gasteiger partial charge in [-0.05, 0) is 228 Å². The molecule has 0 saturated carbocycles. The number of hydrogen-bond acceptors (Lipinski definition) is 28. The Kier molecular flexibility index (Phi) is 56.2. The van der Waals surface area contributed by atoms with Crippen molar-refractivity contribution in [3.8, 4) is 17.2 Å². The Labute approximate surface area is 822 Å². The average Bonchev–Trinajstić information content (AvgIpc) is 1.65. The van der Waals surface area contributed by atoms with Gasteiger partial charge in [-0.2, -0.15) is 11.8 Å². The standard InChI is InChI=1S/C31H43N2O5P.C23H45N4O7PS.C23H40NO7P.C21H38NO7P/c1-25(2)33-39(34,38-30(3,4)5)37-24-23-36-22-21-32-31(26-13-9-7-10-14-26,27-15-11-8-12-16-27)28-17-19-29(35-6)20-18-28;1-6-32-15-13-25-35(30,34-23(2,3)4)33-14-11-17(31-5)10-12-24-20(28)9-7-8-19-21-18(16-36-19)26-22(29)27-21;1-18(14-16-26-5)24-32(25,31-23(2,3)4)29-15-8-7-9-21-17-28-22(30-21)19-10-12-20(27-6)13-11-19;1-8-26-16-17(2)15-22-30(23,29-21(3,4)5)28-14-13-27-19-11-9-18(10-12-19)20(24-6)25-7/h7-20,25,32H,21-24H2,1-6H3,(H,33,34);17-19,21H,6-16H2,1-5H3,(H,24,28)(H,25,30)(H2,26,27,29);10-13,18,21-22H,7-9,14-17H2,1-6H3,(H,24,25);9-12,17,20H,8,13-16H2,1-7H3,(H,22,23). The Morgan fingerprint density at radius 2 is 1.04 bits per heavy atom. The monoisotopic (exact) mass is 2030 g/mol. The van der Waals surface area contributed by atoms with Crippen LogP contribution in [-0.4, -0.2) is 236 Å². The lowest BCUT2D eigenvalue weighted by Gasteiger charge is -2.37. The number of fused-ring (bicyclic) bond motifs is 1. The summed E-state index contributed by atoms with van der Waals surface area (Å²) in [7, 11) is -4.16. The Morgan fingerprint density at radius 1 is 0.511 bits per heavy atom. The molecule has 0 spiro atoms. The summed E-state index contributed by atoms with van der Waals surface area (Å²) in [5.74, 6) is 3.37. The number of nitrogens with one attached hydrogen (secondary N) is 8. The molecule has 3 amide bonds. The highest BCUT2D eigenvalue weighted by atomic mass is 32.2. The smallest absolute Gasteiger partial charge is 0.406 e. The van der Waals surface area contributed by atoms with Crippen molar-refractivity contribution < 1.29 is 121 Å². The third kappa shape index (κ3) is 49.2. The van der Waals surface area contributed by atoms with E-state index in [0.29, 0.717) is 116 Å². The number of amides is 3. The van der Waals surface area contributed by atoms with Gasteiger partial charge in [0.2, 0.25) is 5.91 Å². The highest BCUT2D eigenvalue weighted by molar-refractivity contribution is 8.00. The molecule has 34 nitrogen and oxygen atoms in total. The van der Waals surface area contributed by atoms with E-state index < -0.39 is 65.2 Å². The van der Waals surface area contributed by atoms with Crippen molar-refractivity contribution >= 4 is 54.7 Å². The van der Waals surface area contributed by atoms with E-state index in [1.54, 1.807) is 42.7 Å². The zero-order valence-electron chi connectivity index (χ0n) is 85.9. The summed E-state index contributed by atoms with van der Waals surface area (Å²) < 4.78 is 164. The van der Waals surface area contributed by atoms with Gasteiger partial charge in [-0.25, -0.2) is 43.4 Å². The fourth-order valence-corrected chi connectivity index (χ4v) is 23.1. The van der Waals surface area contributed by atoms with Gasteiger partial charge >= 0.3 is 37.0 Å². The predicted octanol–water partition coefficient (Wildman–Crippen LogP) is 19.1. The van der Waals surface area contributed by atoms with Gasteiger partial charge in [0.15, 0.2) is 12.6 Å². The molecule has 0 aliphatic carbocycles. The minimum absolute atomic E-state index is 0.0100. The number of urea groups is 1. The lowest BCUT2D eigenvalue weighted by molar-refractivity contribution is -0.121. The van der Waals surface area contributed by atoms with Crippen molar-refractivity contribution in [3.05, 3.63) is 161 Å². The quantitative estimate of drug-likeness (QED) is 0.00589. The minimum atomic E-state index is -3.51. The maximum absolute atomic E-state index is 13.2. The van der Waals surface area contributed by atoms with Crippen molar-refractivity contribution in [2.24, 2.45) is 5.92 Å². The second kappa shape index (κ2) is 63.0. The number of hydrogen-bond donors (Lipinski definition) is 8. The second-order valence-electron chi connectivity index (χ2n) is 37.4. The maximum Gasteiger partial charge on any atom is 0.406 e. The van der Waals surface area contributed by atoms with Gasteiger partial charge < -0.3 is 72.8 Å². The first-order valence-electron chi connectivity index (χ1n) is 47.7. The van der Waals surface area contributed by atoms with Crippen molar-refractivity contribution in [1.29, 1.82) is 0 Å². The molecular formula is C98H166N8O26P4S. The van der Waals surface area contributed by atoms with E-state index in [9.17, 15) is 27.8 Å². The van der Waals surface area contributed by atoms with Gasteiger partial charge in [0.25, 0.3) is 0 Å². The lowest BCUT2D eigenvalue weighted by atomic mass is 9.77. The molecule has 5 aromatic carbocycles. The third-order valence-corrected chi connectivity index (χ3v) is 29.9. The summed E-state index contributed by atoms with van der Waals surface area (Å²) in [6, 6.07) is 44.2. The molecule has 8 N–H and O–H groups in total. The molecule has 39 heteroatoms. The van der Waals surface area contributed by atoms with Crippen molar-refractivity contribution in [2.45, 2.75) is 265 Å². The van der Waals surface area contributed by atoms with Crippen molar-refractivity contribution in [1.82, 2.24) is 41.6 Å². The van der Waals surface area contributed by atoms with Crippen LogP contribution in [0.15, 0.2) is 133 Å². The van der Waals surface area contributed by atoms with E-state index in [1.165, 1.54) is 0 Å². The molecule has 3 aliphatic rings. The summed E-state index contributed by atoms with van der Waals surface area (Å²) in [4.78, 5) is 23.7. The third-order valence-electron chi connectivity index (χ3n) is 20.4. The number of carbonyl (C=O) groups is 2. The molecule has 3 aliphatic heterocycles. The topological polar surface area (TPSA) is 383 Å². The second-order valence-corrected chi connectivity index (χ2v) is 45.6. The molecule has 5 aromatic rings. The Balaban J connectivity index is 0.000000324. The Hall–Kier alpha value is -5.37. The highest BCUT2D eigenvalue weighted by Crippen LogP contribution is 2.52. The van der Waals surface area contributed by atoms with Crippen LogP contribution in [0, 0.1) is 5.92 Å². The fourth-order valence-electron chi connectivity index (χ4n) is 14.3. The molecule has 137 heavy (non-hydrogen) atoms. The molecule has 12 unspecified atom stereocenters. The van der Waals surface area contributed by atoms with Crippen LogP contribution < -0.4 is 55.8 Å². The van der Waals surface area contributed by atoms with E-state index in [4.69, 9.17) is 93.0 Å². The van der Waals surface area contributed by atoms with Crippen LogP contribution in [0.3, 0.4) is 0 Å². The largest absolute Gasteiger partial charge is 0.497 e. The van der Waals surface area contributed by atoms with Crippen molar-refractivity contribution in [2.75, 3.05) is 160 Å². The number of thioether (sulfide) groups is 1. The molecule has 3 heterocycles. The average molecular weight is 2030 g/mol. The summed E-state index contributed by atoms with van der Waals surface area (Å²) in [6.45, 7) is 40.6. The molecule has 0 aromatic heterocycles. The molecular weight excluding hydrogens is 1860 g/mol. The SMILES string of the molecule is CCOCC(C)CNP(=O)(OCCOc1ccc(C(OC)OC)cc1)OC(C)(C)C.CCOCCNP(=O)(OCCC(CCNC(=O)CCCC1SCC2NC(=O)NC21)OC)OC(C)(C)C.COCCC(C)NP(=O)(OCCCCC1COC(c2ccc(OC)cc2)O1)OC(C)(C)C.COc1ccc(C(NCCOCCOP(=O)(NC(C)C)OC(C)(C)C)(c2ccccc2)c2ccccc2)cc1. The zero-order valence-corrected chi connectivity index (χ0v) is 90.3. The molecule has 3 fully saturated rings. The molecule has 0 radical (unpaired) electrons. The predicted molar refractivity (Wildman–Crippen MR) is 539 cm³/mol. The van der Waals surface area contributed by atoms with Gasteiger partial charge in [-0.15, -0.1) is 0 Å². The van der Waals surface area contributed by atoms with Crippen LogP contribution >= 0.6 is 42.7 Å². The normalized spacial score (nSPS) is 18.7. The van der Waals surface area contributed by atoms with E-state index in [-0.39, 0.29) is 93.6 Å². The first kappa shape index (κ1) is 122. The number of benzene rings is 5. The first-order valence-corrected chi connectivity index (χ1v) is 54.9. The molecule has 12 atom stereocenters. The van der Waals surface area contributed by atoms with Gasteiger partial charge in [0, 0.05) is 115 Å². The maximum atomic E-state index is 13.2. The number of carbonyl (C=O) groups excluding carboxylic acids is 2.